The van der Waals surface area contributed by atoms with Crippen molar-refractivity contribution in [1.82, 2.24) is 19.2 Å². The minimum atomic E-state index is -0.0246. The molecule has 0 radical (unpaired) electrons. The zero-order valence-corrected chi connectivity index (χ0v) is 12.5. The van der Waals surface area contributed by atoms with E-state index in [0.717, 1.165) is 10.7 Å². The summed E-state index contributed by atoms with van der Waals surface area (Å²) in [4.78, 5) is 32.1. The lowest BCUT2D eigenvalue weighted by molar-refractivity contribution is -0.135. The maximum atomic E-state index is 12.2. The molecule has 0 unspecified atom stereocenters. The number of nitrogens with zero attached hydrogens (tertiary/aromatic N) is 4. The Bertz CT molecular complexity index is 695. The molecule has 0 aromatic carbocycles. The van der Waals surface area contributed by atoms with E-state index in [0.29, 0.717) is 26.2 Å². The van der Waals surface area contributed by atoms with Crippen LogP contribution in [0, 0.1) is 0 Å². The van der Waals surface area contributed by atoms with Crippen molar-refractivity contribution in [3.05, 3.63) is 29.5 Å². The molecular weight excluding hydrogens is 288 g/mol. The number of imidazole rings is 1. The van der Waals surface area contributed by atoms with Crippen LogP contribution in [0.4, 0.5) is 0 Å². The first-order chi connectivity index (χ1) is 10.1. The second-order valence-electron chi connectivity index (χ2n) is 4.90. The van der Waals surface area contributed by atoms with Gasteiger partial charge in [0.1, 0.15) is 0 Å². The Morgan fingerprint density at radius 3 is 2.67 bits per heavy atom. The number of thiazole rings is 1. The Hall–Kier alpha value is -2.15. The summed E-state index contributed by atoms with van der Waals surface area (Å²) in [5.74, 6) is 0.0418. The number of hydrogen-bond acceptors (Lipinski definition) is 4. The van der Waals surface area contributed by atoms with Crippen LogP contribution in [-0.2, 0) is 9.59 Å². The van der Waals surface area contributed by atoms with Crippen molar-refractivity contribution in [2.75, 3.05) is 26.2 Å². The molecule has 1 fully saturated rings. The maximum Gasteiger partial charge on any atom is 0.246 e. The van der Waals surface area contributed by atoms with Gasteiger partial charge in [0.2, 0.25) is 11.8 Å². The first-order valence-electron chi connectivity index (χ1n) is 6.78. The molecule has 2 aromatic rings. The molecule has 0 saturated carbocycles. The highest BCUT2D eigenvalue weighted by molar-refractivity contribution is 7.15. The molecule has 3 rings (SSSR count). The van der Waals surface area contributed by atoms with Gasteiger partial charge in [0.15, 0.2) is 4.96 Å². The topological polar surface area (TPSA) is 57.9 Å². The predicted molar refractivity (Wildman–Crippen MR) is 80.9 cm³/mol. The summed E-state index contributed by atoms with van der Waals surface area (Å²) in [6.45, 7) is 3.95. The van der Waals surface area contributed by atoms with Gasteiger partial charge < -0.3 is 9.80 Å². The molecule has 0 atom stereocenters. The lowest BCUT2D eigenvalue weighted by Gasteiger charge is -2.33. The molecule has 1 saturated heterocycles. The van der Waals surface area contributed by atoms with E-state index in [9.17, 15) is 9.59 Å². The molecule has 7 heteroatoms. The van der Waals surface area contributed by atoms with E-state index in [2.05, 4.69) is 4.98 Å². The van der Waals surface area contributed by atoms with Crippen molar-refractivity contribution in [2.45, 2.75) is 6.92 Å². The van der Waals surface area contributed by atoms with Gasteiger partial charge in [-0.25, -0.2) is 4.98 Å². The van der Waals surface area contributed by atoms with Crippen LogP contribution < -0.4 is 0 Å². The lowest BCUT2D eigenvalue weighted by atomic mass is 10.3. The minimum absolute atomic E-state index is 0.0246. The first kappa shape index (κ1) is 13.8. The van der Waals surface area contributed by atoms with Crippen LogP contribution in [0.15, 0.2) is 23.8 Å². The third-order valence-electron chi connectivity index (χ3n) is 3.61. The summed E-state index contributed by atoms with van der Waals surface area (Å²) in [5.41, 5.74) is 0.891. The van der Waals surface area contributed by atoms with Crippen LogP contribution in [0.5, 0.6) is 0 Å². The molecule has 6 nitrogen and oxygen atoms in total. The Kier molecular flexibility index (Phi) is 3.74. The van der Waals surface area contributed by atoms with E-state index < -0.39 is 0 Å². The molecule has 21 heavy (non-hydrogen) atoms. The fourth-order valence-electron chi connectivity index (χ4n) is 2.37. The van der Waals surface area contributed by atoms with Crippen molar-refractivity contribution in [1.29, 1.82) is 0 Å². The van der Waals surface area contributed by atoms with Gasteiger partial charge in [0.25, 0.3) is 0 Å². The quantitative estimate of drug-likeness (QED) is 0.781. The SMILES string of the molecule is CC(=O)N1CCN(C(=O)/C=C/c2cnc3sccn23)CC1. The summed E-state index contributed by atoms with van der Waals surface area (Å²) in [6, 6.07) is 0. The monoisotopic (exact) mass is 304 g/mol. The van der Waals surface area contributed by atoms with Crippen molar-refractivity contribution in [3.8, 4) is 0 Å². The molecule has 3 heterocycles. The number of fused-ring (bicyclic) bond motifs is 1. The van der Waals surface area contributed by atoms with Crippen LogP contribution in [0.2, 0.25) is 0 Å². The zero-order chi connectivity index (χ0) is 14.8. The molecule has 1 aliphatic rings. The number of amides is 2. The summed E-state index contributed by atoms with van der Waals surface area (Å²) >= 11 is 1.56. The Morgan fingerprint density at radius 2 is 1.95 bits per heavy atom. The molecule has 0 spiro atoms. The van der Waals surface area contributed by atoms with Crippen molar-refractivity contribution in [3.63, 3.8) is 0 Å². The number of rotatable bonds is 2. The zero-order valence-electron chi connectivity index (χ0n) is 11.7. The average molecular weight is 304 g/mol. The van der Waals surface area contributed by atoms with Gasteiger partial charge in [-0.15, -0.1) is 11.3 Å². The van der Waals surface area contributed by atoms with Crippen LogP contribution in [0.1, 0.15) is 12.6 Å². The van der Waals surface area contributed by atoms with Gasteiger partial charge in [-0.2, -0.15) is 0 Å². The van der Waals surface area contributed by atoms with Crippen LogP contribution in [0.25, 0.3) is 11.0 Å². The van der Waals surface area contributed by atoms with Crippen molar-refractivity contribution >= 4 is 34.2 Å². The second-order valence-corrected chi connectivity index (χ2v) is 5.78. The number of hydrogen-bond donors (Lipinski definition) is 0. The smallest absolute Gasteiger partial charge is 0.246 e. The van der Waals surface area contributed by atoms with E-state index in [4.69, 9.17) is 0 Å². The largest absolute Gasteiger partial charge is 0.339 e. The average Bonchev–Trinajstić information content (AvgIpc) is 3.08. The van der Waals surface area contributed by atoms with Crippen LogP contribution in [0.3, 0.4) is 0 Å². The number of carbonyl (C=O) groups is 2. The Labute approximate surface area is 126 Å². The van der Waals surface area contributed by atoms with Crippen molar-refractivity contribution < 1.29 is 9.59 Å². The van der Waals surface area contributed by atoms with Gasteiger partial charge in [-0.3, -0.25) is 14.0 Å². The second kappa shape index (κ2) is 5.69. The molecule has 0 N–H and O–H groups in total. The molecular formula is C14H16N4O2S. The lowest BCUT2D eigenvalue weighted by Crippen LogP contribution is -2.49. The van der Waals surface area contributed by atoms with Crippen LogP contribution >= 0.6 is 11.3 Å². The van der Waals surface area contributed by atoms with Gasteiger partial charge in [-0.1, -0.05) is 0 Å². The third kappa shape index (κ3) is 2.82. The molecule has 0 aliphatic carbocycles. The number of aromatic nitrogens is 2. The van der Waals surface area contributed by atoms with E-state index in [-0.39, 0.29) is 11.8 Å². The highest BCUT2D eigenvalue weighted by Crippen LogP contribution is 2.14. The fourth-order valence-corrected chi connectivity index (χ4v) is 3.07. The summed E-state index contributed by atoms with van der Waals surface area (Å²) in [5, 5.41) is 1.96. The Balaban J connectivity index is 1.63. The molecule has 1 aliphatic heterocycles. The Morgan fingerprint density at radius 1 is 1.24 bits per heavy atom. The molecule has 2 amide bonds. The molecule has 110 valence electrons. The fraction of sp³-hybridized carbons (Fsp3) is 0.357. The van der Waals surface area contributed by atoms with Gasteiger partial charge in [0.05, 0.1) is 11.9 Å². The number of piperazine rings is 1. The standard InChI is InChI=1S/C14H16N4O2S/c1-11(19)16-4-6-17(7-5-16)13(20)3-2-12-10-15-14-18(12)8-9-21-14/h2-3,8-10H,4-7H2,1H3/b3-2+. The molecule has 0 bridgehead atoms. The first-order valence-corrected chi connectivity index (χ1v) is 7.66. The number of carbonyl (C=O) groups excluding carboxylic acids is 2. The minimum Gasteiger partial charge on any atom is -0.339 e. The van der Waals surface area contributed by atoms with Gasteiger partial charge >= 0.3 is 0 Å². The maximum absolute atomic E-state index is 12.2. The van der Waals surface area contributed by atoms with E-state index in [1.54, 1.807) is 46.4 Å². The third-order valence-corrected chi connectivity index (χ3v) is 4.38. The summed E-state index contributed by atoms with van der Waals surface area (Å²) < 4.78 is 1.95. The van der Waals surface area contributed by atoms with Crippen LogP contribution in [-0.4, -0.2) is 57.2 Å². The highest BCUT2D eigenvalue weighted by Gasteiger charge is 2.20. The van der Waals surface area contributed by atoms with Gasteiger partial charge in [0, 0.05) is 50.8 Å². The van der Waals surface area contributed by atoms with Crippen molar-refractivity contribution in [2.24, 2.45) is 0 Å². The van der Waals surface area contributed by atoms with E-state index in [1.807, 2.05) is 16.0 Å². The van der Waals surface area contributed by atoms with Gasteiger partial charge in [-0.05, 0) is 6.08 Å². The predicted octanol–water partition coefficient (Wildman–Crippen LogP) is 1.10. The summed E-state index contributed by atoms with van der Waals surface area (Å²) in [7, 11) is 0. The summed E-state index contributed by atoms with van der Waals surface area (Å²) in [6.07, 6.45) is 7.04. The van der Waals surface area contributed by atoms with E-state index >= 15 is 0 Å². The molecule has 2 aromatic heterocycles. The normalized spacial score (nSPS) is 16.0. The van der Waals surface area contributed by atoms with E-state index in [1.165, 1.54) is 0 Å². The highest BCUT2D eigenvalue weighted by atomic mass is 32.1.